The Morgan fingerprint density at radius 3 is 2.69 bits per heavy atom. The van der Waals surface area contributed by atoms with E-state index in [1.165, 1.54) is 6.92 Å². The lowest BCUT2D eigenvalue weighted by molar-refractivity contribution is -0.0355. The Labute approximate surface area is 155 Å². The molecule has 0 spiro atoms. The molecule has 1 aromatic heterocycles. The SMILES string of the molecule is CCCCCOC(=O)Nc1nc(=O)n(C2O[C@H](C)[C@@H](O)[C@H]2O)cc1F.Cl. The molecule has 0 aliphatic carbocycles. The Morgan fingerprint density at radius 1 is 1.42 bits per heavy atom. The first-order chi connectivity index (χ1) is 11.8. The molecule has 1 saturated heterocycles. The van der Waals surface area contributed by atoms with Crippen LogP contribution in [0.4, 0.5) is 15.0 Å². The Kier molecular flexibility index (Phi) is 8.41. The maximum atomic E-state index is 14.1. The molecule has 11 heteroatoms. The summed E-state index contributed by atoms with van der Waals surface area (Å²) in [5, 5.41) is 21.6. The van der Waals surface area contributed by atoms with Crippen molar-refractivity contribution < 1.29 is 28.9 Å². The minimum absolute atomic E-state index is 0. The number of aliphatic hydroxyl groups excluding tert-OH is 2. The second-order valence-electron chi connectivity index (χ2n) is 5.81. The molecule has 1 unspecified atom stereocenters. The number of anilines is 1. The van der Waals surface area contributed by atoms with Gasteiger partial charge in [0.25, 0.3) is 0 Å². The van der Waals surface area contributed by atoms with E-state index in [1.807, 2.05) is 6.92 Å². The van der Waals surface area contributed by atoms with E-state index < -0.39 is 48.0 Å². The first-order valence-corrected chi connectivity index (χ1v) is 8.09. The zero-order chi connectivity index (χ0) is 18.6. The molecule has 1 fully saturated rings. The van der Waals surface area contributed by atoms with Gasteiger partial charge in [0, 0.05) is 0 Å². The van der Waals surface area contributed by atoms with Gasteiger partial charge in [-0.2, -0.15) is 4.98 Å². The summed E-state index contributed by atoms with van der Waals surface area (Å²) < 4.78 is 24.9. The zero-order valence-electron chi connectivity index (χ0n) is 14.4. The molecular weight excluding hydrogens is 373 g/mol. The molecule has 148 valence electrons. The average molecular weight is 396 g/mol. The number of nitrogens with zero attached hydrogens (tertiary/aromatic N) is 2. The second kappa shape index (κ2) is 9.81. The fraction of sp³-hybridized carbons (Fsp3) is 0.667. The summed E-state index contributed by atoms with van der Waals surface area (Å²) >= 11 is 0. The first-order valence-electron chi connectivity index (χ1n) is 8.09. The molecule has 1 aromatic rings. The number of halogens is 2. The van der Waals surface area contributed by atoms with Gasteiger partial charge in [0.15, 0.2) is 17.9 Å². The predicted octanol–water partition coefficient (Wildman–Crippen LogP) is 1.18. The summed E-state index contributed by atoms with van der Waals surface area (Å²) in [6.07, 6.45) is -2.25. The lowest BCUT2D eigenvalue weighted by Crippen LogP contribution is -2.36. The molecule has 1 amide bonds. The van der Waals surface area contributed by atoms with Crippen LogP contribution in [0.15, 0.2) is 11.0 Å². The van der Waals surface area contributed by atoms with Crippen molar-refractivity contribution in [2.75, 3.05) is 11.9 Å². The number of rotatable bonds is 6. The van der Waals surface area contributed by atoms with E-state index in [0.29, 0.717) is 6.42 Å². The highest BCUT2D eigenvalue weighted by Gasteiger charge is 2.42. The van der Waals surface area contributed by atoms with Gasteiger partial charge in [-0.15, -0.1) is 12.4 Å². The van der Waals surface area contributed by atoms with E-state index in [-0.39, 0.29) is 19.0 Å². The van der Waals surface area contributed by atoms with Crippen molar-refractivity contribution in [1.29, 1.82) is 0 Å². The number of hydrogen-bond acceptors (Lipinski definition) is 7. The number of hydrogen-bond donors (Lipinski definition) is 3. The lowest BCUT2D eigenvalue weighted by atomic mass is 10.1. The van der Waals surface area contributed by atoms with Crippen molar-refractivity contribution in [2.45, 2.75) is 57.6 Å². The molecule has 0 bridgehead atoms. The molecule has 26 heavy (non-hydrogen) atoms. The normalized spacial score (nSPS) is 24.8. The molecule has 0 saturated carbocycles. The number of carbonyl (C=O) groups excluding carboxylic acids is 1. The van der Waals surface area contributed by atoms with Crippen LogP contribution in [0.2, 0.25) is 0 Å². The second-order valence-corrected chi connectivity index (χ2v) is 5.81. The van der Waals surface area contributed by atoms with E-state index in [0.717, 1.165) is 23.6 Å². The monoisotopic (exact) mass is 395 g/mol. The summed E-state index contributed by atoms with van der Waals surface area (Å²) in [6, 6.07) is 0. The quantitative estimate of drug-likeness (QED) is 0.618. The fourth-order valence-corrected chi connectivity index (χ4v) is 2.42. The highest BCUT2D eigenvalue weighted by molar-refractivity contribution is 5.85. The van der Waals surface area contributed by atoms with Crippen LogP contribution in [0.3, 0.4) is 0 Å². The Bertz CT molecular complexity index is 673. The van der Waals surface area contributed by atoms with Crippen molar-refractivity contribution in [1.82, 2.24) is 9.55 Å². The van der Waals surface area contributed by atoms with Crippen LogP contribution < -0.4 is 11.0 Å². The number of aliphatic hydroxyl groups is 2. The van der Waals surface area contributed by atoms with E-state index in [4.69, 9.17) is 9.47 Å². The third-order valence-electron chi connectivity index (χ3n) is 3.86. The number of amides is 1. The van der Waals surface area contributed by atoms with Gasteiger partial charge in [-0.05, 0) is 13.3 Å². The smallest absolute Gasteiger partial charge is 0.412 e. The number of nitrogens with one attached hydrogen (secondary N) is 1. The Hall–Kier alpha value is -1.75. The highest BCUT2D eigenvalue weighted by Crippen LogP contribution is 2.28. The van der Waals surface area contributed by atoms with Crippen molar-refractivity contribution >= 4 is 24.3 Å². The van der Waals surface area contributed by atoms with Crippen molar-refractivity contribution in [3.8, 4) is 0 Å². The summed E-state index contributed by atoms with van der Waals surface area (Å²) in [4.78, 5) is 27.0. The van der Waals surface area contributed by atoms with Crippen molar-refractivity contribution in [3.63, 3.8) is 0 Å². The molecule has 2 heterocycles. The maximum absolute atomic E-state index is 14.1. The molecule has 0 aromatic carbocycles. The van der Waals surface area contributed by atoms with Crippen LogP contribution in [-0.2, 0) is 9.47 Å². The number of unbranched alkanes of at least 4 members (excludes halogenated alkanes) is 2. The average Bonchev–Trinajstić information content (AvgIpc) is 2.82. The molecule has 3 N–H and O–H groups in total. The predicted molar refractivity (Wildman–Crippen MR) is 91.8 cm³/mol. The Balaban J connectivity index is 0.00000338. The van der Waals surface area contributed by atoms with Crippen LogP contribution in [0, 0.1) is 5.82 Å². The highest BCUT2D eigenvalue weighted by atomic mass is 35.5. The molecule has 2 rings (SSSR count). The molecule has 1 aliphatic rings. The standard InChI is InChI=1S/C15H22FN3O6.ClH/c1-3-4-5-6-24-15(23)18-12-9(16)7-19(14(22)17-12)13-11(21)10(20)8(2)25-13;/h7-8,10-11,13,20-21H,3-6H2,1-2H3,(H,17,18,22,23);1H/t8-,10-,11-,13?;/m1./s1. The third-order valence-corrected chi connectivity index (χ3v) is 3.86. The molecule has 9 nitrogen and oxygen atoms in total. The van der Waals surface area contributed by atoms with Gasteiger partial charge < -0.3 is 19.7 Å². The van der Waals surface area contributed by atoms with Crippen LogP contribution >= 0.6 is 12.4 Å². The van der Waals surface area contributed by atoms with Gasteiger partial charge in [0.05, 0.1) is 18.9 Å². The molecule has 1 aliphatic heterocycles. The largest absolute Gasteiger partial charge is 0.449 e. The molecular formula is C15H23ClFN3O6. The third kappa shape index (κ3) is 5.13. The van der Waals surface area contributed by atoms with Crippen LogP contribution in [0.1, 0.15) is 39.3 Å². The van der Waals surface area contributed by atoms with E-state index in [2.05, 4.69) is 10.3 Å². The van der Waals surface area contributed by atoms with Gasteiger partial charge in [-0.3, -0.25) is 9.88 Å². The van der Waals surface area contributed by atoms with Gasteiger partial charge >= 0.3 is 11.8 Å². The minimum Gasteiger partial charge on any atom is -0.449 e. The van der Waals surface area contributed by atoms with Gasteiger partial charge in [0.1, 0.15) is 12.2 Å². The molecule has 4 atom stereocenters. The number of carbonyl (C=O) groups is 1. The maximum Gasteiger partial charge on any atom is 0.412 e. The summed E-state index contributed by atoms with van der Waals surface area (Å²) in [5.74, 6) is -1.59. The van der Waals surface area contributed by atoms with Crippen molar-refractivity contribution in [2.24, 2.45) is 0 Å². The van der Waals surface area contributed by atoms with Crippen LogP contribution in [0.5, 0.6) is 0 Å². The molecule has 0 radical (unpaired) electrons. The lowest BCUT2D eigenvalue weighted by Gasteiger charge is -2.17. The summed E-state index contributed by atoms with van der Waals surface area (Å²) in [6.45, 7) is 3.68. The van der Waals surface area contributed by atoms with Crippen LogP contribution in [-0.4, -0.2) is 50.8 Å². The summed E-state index contributed by atoms with van der Waals surface area (Å²) in [5.41, 5.74) is -0.951. The number of ether oxygens (including phenoxy) is 2. The van der Waals surface area contributed by atoms with Gasteiger partial charge in [-0.25, -0.2) is 14.0 Å². The number of aromatic nitrogens is 2. The van der Waals surface area contributed by atoms with E-state index in [9.17, 15) is 24.2 Å². The topological polar surface area (TPSA) is 123 Å². The zero-order valence-corrected chi connectivity index (χ0v) is 15.2. The van der Waals surface area contributed by atoms with Gasteiger partial charge in [-0.1, -0.05) is 19.8 Å². The fourth-order valence-electron chi connectivity index (χ4n) is 2.42. The Morgan fingerprint density at radius 2 is 2.12 bits per heavy atom. The first kappa shape index (κ1) is 22.3. The summed E-state index contributed by atoms with van der Waals surface area (Å²) in [7, 11) is 0. The minimum atomic E-state index is -1.41. The van der Waals surface area contributed by atoms with Crippen molar-refractivity contribution in [3.05, 3.63) is 22.5 Å². The van der Waals surface area contributed by atoms with E-state index >= 15 is 0 Å². The van der Waals surface area contributed by atoms with E-state index in [1.54, 1.807) is 0 Å². The van der Waals surface area contributed by atoms with Gasteiger partial charge in [0.2, 0.25) is 0 Å². The van der Waals surface area contributed by atoms with Crippen LogP contribution in [0.25, 0.3) is 0 Å².